The van der Waals surface area contributed by atoms with E-state index < -0.39 is 5.60 Å². The van der Waals surface area contributed by atoms with Crippen molar-refractivity contribution in [3.63, 3.8) is 0 Å². The van der Waals surface area contributed by atoms with Gasteiger partial charge in [-0.25, -0.2) is 23.8 Å². The second-order valence-corrected chi connectivity index (χ2v) is 24.6. The lowest BCUT2D eigenvalue weighted by atomic mass is 9.95. The molecule has 1 amide bonds. The first-order valence-corrected chi connectivity index (χ1v) is 30.6. The van der Waals surface area contributed by atoms with Crippen LogP contribution >= 0.6 is 13.5 Å². The summed E-state index contributed by atoms with van der Waals surface area (Å²) in [4.78, 5) is 43.0. The number of amides is 1. The van der Waals surface area contributed by atoms with E-state index in [1.54, 1.807) is 29.2 Å². The van der Waals surface area contributed by atoms with Gasteiger partial charge in [0.25, 0.3) is 11.1 Å². The van der Waals surface area contributed by atoms with Gasteiger partial charge in [0.15, 0.2) is 0 Å². The topological polar surface area (TPSA) is 201 Å². The predicted molar refractivity (Wildman–Crippen MR) is 328 cm³/mol. The number of carbonyl (C=O) groups excluding carboxylic acids is 1. The number of ether oxygens (including phenoxy) is 1. The minimum atomic E-state index is -0.513. The van der Waals surface area contributed by atoms with Crippen LogP contribution in [0.3, 0.4) is 0 Å². The molecule has 0 bridgehead atoms. The fourth-order valence-electron chi connectivity index (χ4n) is 12.0. The number of hydrogen-bond donors (Lipinski definition) is 3. The summed E-state index contributed by atoms with van der Waals surface area (Å²) in [5, 5.41) is 38.2. The number of halogens is 2. The SMILES string of the molecule is CC1CN(Cc2cc(Cc3n[nH]c(=O)c4ccccc34)ccc2F)Cc2nnc(C3CCN(C(=O)OC(C)(C)C)CC3)n21.CC1CN(Cc2cc(Cc3n[nH]c(=O)c4ccccc34)ccc2F)Cc2nnc(C3CCNCC3)n21.S.S=S=S. The van der Waals surface area contributed by atoms with E-state index >= 15 is 4.39 Å². The summed E-state index contributed by atoms with van der Waals surface area (Å²) in [5.41, 5.74) is 3.73. The van der Waals surface area contributed by atoms with Crippen molar-refractivity contribution in [2.24, 2.45) is 0 Å². The molecule has 8 aromatic rings. The Kier molecular flexibility index (Phi) is 19.9. The van der Waals surface area contributed by atoms with Crippen molar-refractivity contribution in [1.82, 2.24) is 69.9 Å². The molecule has 4 aliphatic rings. The average molecular weight is 1210 g/mol. The molecule has 0 radical (unpaired) electrons. The molecule has 2 saturated heterocycles. The van der Waals surface area contributed by atoms with E-state index in [0.29, 0.717) is 79.9 Å². The highest BCUT2D eigenvalue weighted by atomic mass is 33.1. The van der Waals surface area contributed by atoms with Crippen LogP contribution in [0.5, 0.6) is 0 Å². The molecule has 0 spiro atoms. The molecule has 4 aromatic heterocycles. The van der Waals surface area contributed by atoms with Crippen molar-refractivity contribution in [3.05, 3.63) is 174 Å². The Morgan fingerprint density at radius 1 is 0.651 bits per heavy atom. The molecule has 438 valence electrons. The van der Waals surface area contributed by atoms with Crippen LogP contribution in [0.1, 0.15) is 141 Å². The fourth-order valence-corrected chi connectivity index (χ4v) is 12.0. The van der Waals surface area contributed by atoms with Crippen molar-refractivity contribution >= 4 is 72.4 Å². The highest BCUT2D eigenvalue weighted by molar-refractivity contribution is 8.37. The van der Waals surface area contributed by atoms with Crippen molar-refractivity contribution in [2.75, 3.05) is 39.3 Å². The largest absolute Gasteiger partial charge is 0.444 e. The number of nitrogens with zero attached hydrogens (tertiary/aromatic N) is 11. The van der Waals surface area contributed by atoms with E-state index in [2.05, 4.69) is 101 Å². The number of likely N-dealkylation sites (tertiary alicyclic amines) is 1. The zero-order valence-corrected chi connectivity index (χ0v) is 50.7. The van der Waals surface area contributed by atoms with Crippen LogP contribution in [0.25, 0.3) is 21.5 Å². The maximum Gasteiger partial charge on any atom is 0.410 e. The van der Waals surface area contributed by atoms with Gasteiger partial charge < -0.3 is 24.1 Å². The molecule has 3 N–H and O–H groups in total. The maximum atomic E-state index is 15.0. The summed E-state index contributed by atoms with van der Waals surface area (Å²) in [5.74, 6) is 4.13. The lowest BCUT2D eigenvalue weighted by Crippen LogP contribution is -2.42. The van der Waals surface area contributed by atoms with Gasteiger partial charge in [0.05, 0.1) is 35.2 Å². The Labute approximate surface area is 500 Å². The van der Waals surface area contributed by atoms with Gasteiger partial charge >= 0.3 is 6.09 Å². The molecule has 4 aromatic carbocycles. The second kappa shape index (κ2) is 27.0. The number of aromatic nitrogens is 10. The van der Waals surface area contributed by atoms with Crippen molar-refractivity contribution in [1.29, 1.82) is 0 Å². The molecule has 4 aliphatic heterocycles. The van der Waals surface area contributed by atoms with Crippen LogP contribution in [-0.4, -0.2) is 116 Å². The van der Waals surface area contributed by atoms with Crippen LogP contribution in [0.4, 0.5) is 13.6 Å². The van der Waals surface area contributed by atoms with Gasteiger partial charge in [-0.2, -0.15) is 23.7 Å². The minimum absolute atomic E-state index is 0. The van der Waals surface area contributed by atoms with E-state index in [4.69, 9.17) is 4.74 Å². The van der Waals surface area contributed by atoms with Crippen LogP contribution < -0.4 is 16.4 Å². The molecule has 2 unspecified atom stereocenters. The molecule has 2 fully saturated rings. The molecular weight excluding hydrogens is 1140 g/mol. The van der Waals surface area contributed by atoms with Gasteiger partial charge in [0, 0.05) is 129 Å². The third-order valence-corrected chi connectivity index (χ3v) is 15.8. The molecule has 2 atom stereocenters. The van der Waals surface area contributed by atoms with Gasteiger partial charge in [-0.05, 0) is 109 Å². The highest BCUT2D eigenvalue weighted by Gasteiger charge is 2.35. The molecule has 0 aliphatic carbocycles. The van der Waals surface area contributed by atoms with E-state index in [9.17, 15) is 18.8 Å². The average Bonchev–Trinajstić information content (AvgIpc) is 4.28. The monoisotopic (exact) mass is 1200 g/mol. The number of aromatic amines is 2. The Hall–Kier alpha value is -6.54. The lowest BCUT2D eigenvalue weighted by Gasteiger charge is -2.36. The molecule has 12 rings (SSSR count). The number of fused-ring (bicyclic) bond motifs is 4. The number of benzene rings is 4. The molecule has 8 heterocycles. The van der Waals surface area contributed by atoms with Gasteiger partial charge in [-0.3, -0.25) is 19.4 Å². The normalized spacial score (nSPS) is 17.8. The Morgan fingerprint density at radius 3 is 1.51 bits per heavy atom. The summed E-state index contributed by atoms with van der Waals surface area (Å²) in [7, 11) is 0.917. The first-order valence-electron chi connectivity index (χ1n) is 27.9. The standard InChI is InChI=1S/C32H38FN7O3.C27H30FN7O.S3.H2S/c1-20-17-38(19-28-35-36-29(40(20)28)22-11-13-39(14-12-22)31(42)43-32(2,3)4)18-23-15-21(9-10-26(23)33)16-27-24-7-5-6-8-25(24)30(41)37-34-27;1-17-14-34(16-25-31-32-26(35(17)25)19-8-10-29-11-9-19)15-20-12-18(6-7-23(20)28)13-24-21-4-2-3-5-22(21)27(36)33-30-24;1-3-2;/h5-10,15,20,22H,11-14,16-19H2,1-4H3,(H,37,41);2-7,12,17,19,29H,8-11,13-16H2,1H3,(H,33,36);;1H2. The van der Waals surface area contributed by atoms with Crippen molar-refractivity contribution in [2.45, 2.75) is 129 Å². The lowest BCUT2D eigenvalue weighted by molar-refractivity contribution is 0.0201. The smallest absolute Gasteiger partial charge is 0.410 e. The Bertz CT molecular complexity index is 3750. The number of H-pyrrole nitrogens is 2. The van der Waals surface area contributed by atoms with Crippen LogP contribution in [0.2, 0.25) is 0 Å². The fraction of sp³-hybridized carbons (Fsp3) is 0.441. The number of rotatable bonds is 10. The van der Waals surface area contributed by atoms with E-state index in [-0.39, 0.29) is 60.3 Å². The van der Waals surface area contributed by atoms with Crippen LogP contribution in [0, 0.1) is 11.6 Å². The van der Waals surface area contributed by atoms with Gasteiger partial charge in [0.2, 0.25) is 0 Å². The van der Waals surface area contributed by atoms with E-state index in [1.807, 2.05) is 69.3 Å². The Morgan fingerprint density at radius 2 is 1.07 bits per heavy atom. The number of hydrogen-bond acceptors (Lipinski definition) is 15. The molecular formula is C59H70F2N14O4S4. The maximum absolute atomic E-state index is 15.0. The summed E-state index contributed by atoms with van der Waals surface area (Å²) in [6.45, 7) is 17.0. The second-order valence-electron chi connectivity index (χ2n) is 22.9. The third kappa shape index (κ3) is 14.3. The van der Waals surface area contributed by atoms with Gasteiger partial charge in [0.1, 0.15) is 40.5 Å². The molecule has 83 heavy (non-hydrogen) atoms. The molecule has 18 nitrogen and oxygen atoms in total. The summed E-state index contributed by atoms with van der Waals surface area (Å²) >= 11 is 8.25. The number of carbonyl (C=O) groups is 1. The molecule has 0 saturated carbocycles. The highest BCUT2D eigenvalue weighted by Crippen LogP contribution is 2.34. The predicted octanol–water partition coefficient (Wildman–Crippen LogP) is 8.33. The van der Waals surface area contributed by atoms with E-state index in [0.717, 1.165) is 117 Å². The number of nitrogens with one attached hydrogen (secondary N) is 3. The first-order chi connectivity index (χ1) is 39.5. The van der Waals surface area contributed by atoms with Gasteiger partial charge in [-0.15, -0.1) is 20.4 Å². The summed E-state index contributed by atoms with van der Waals surface area (Å²) in [6.07, 6.45) is 4.52. The molecule has 24 heteroatoms. The number of piperidine rings is 2. The zero-order valence-electron chi connectivity index (χ0n) is 47.2. The summed E-state index contributed by atoms with van der Waals surface area (Å²) in [6, 6.07) is 25.6. The van der Waals surface area contributed by atoms with Crippen LogP contribution in [0.15, 0.2) is 94.5 Å². The summed E-state index contributed by atoms with van der Waals surface area (Å²) < 4.78 is 40.0. The van der Waals surface area contributed by atoms with Gasteiger partial charge in [-0.1, -0.05) is 60.7 Å². The Balaban J connectivity index is 0.000000191. The van der Waals surface area contributed by atoms with Crippen molar-refractivity contribution in [3.8, 4) is 0 Å². The zero-order chi connectivity index (χ0) is 57.7. The first kappa shape index (κ1) is 61.0. The third-order valence-electron chi connectivity index (χ3n) is 15.8. The minimum Gasteiger partial charge on any atom is -0.444 e. The quantitative estimate of drug-likeness (QED) is 0.118. The van der Waals surface area contributed by atoms with Crippen molar-refractivity contribution < 1.29 is 18.3 Å². The van der Waals surface area contributed by atoms with E-state index in [1.165, 1.54) is 12.1 Å². The van der Waals surface area contributed by atoms with Crippen LogP contribution in [-0.2, 0) is 75.0 Å².